The third-order valence-corrected chi connectivity index (χ3v) is 9.53. The predicted molar refractivity (Wildman–Crippen MR) is 64.3 cm³/mol. The topological polar surface area (TPSA) is 0 Å². The fraction of sp³-hybridized carbons (Fsp3) is 0.750. The minimum atomic E-state index is -1.95. The zero-order valence-corrected chi connectivity index (χ0v) is 17.1. The Balaban J connectivity index is -0.000000980. The van der Waals surface area contributed by atoms with Crippen LogP contribution in [0.1, 0.15) is 41.5 Å². The van der Waals surface area contributed by atoms with E-state index in [1.807, 2.05) is 5.92 Å². The van der Waals surface area contributed by atoms with E-state index in [0.29, 0.717) is 16.6 Å². The van der Waals surface area contributed by atoms with Crippen molar-refractivity contribution in [1.29, 1.82) is 0 Å². The zero-order chi connectivity index (χ0) is 12.2. The standard InChI is InChI=1S/C12H21F2Si.BrH.Zn/c1-9(2)15(10(3)4,11(5)6)8-7-12(13)14;;/h9-11H,1-6H3;1H;/p-1. The van der Waals surface area contributed by atoms with Crippen molar-refractivity contribution in [2.45, 2.75) is 58.2 Å². The van der Waals surface area contributed by atoms with Crippen LogP contribution in [-0.2, 0) is 19.5 Å². The van der Waals surface area contributed by atoms with Crippen LogP contribution in [0.3, 0.4) is 0 Å². The van der Waals surface area contributed by atoms with Gasteiger partial charge in [0, 0.05) is 19.5 Å². The summed E-state index contributed by atoms with van der Waals surface area (Å²) in [5.41, 5.74) is 4.15. The van der Waals surface area contributed by atoms with Crippen molar-refractivity contribution in [1.82, 2.24) is 0 Å². The van der Waals surface area contributed by atoms with Gasteiger partial charge in [-0.1, -0.05) is 41.5 Å². The van der Waals surface area contributed by atoms with E-state index in [0.717, 1.165) is 0 Å². The first-order valence-corrected chi connectivity index (χ1v) is 7.69. The Morgan fingerprint density at radius 2 is 1.18 bits per heavy atom. The molecule has 0 nitrogen and oxygen atoms in total. The van der Waals surface area contributed by atoms with Crippen molar-refractivity contribution in [3.05, 3.63) is 6.43 Å². The molecule has 0 saturated carbocycles. The van der Waals surface area contributed by atoms with Crippen LogP contribution in [0.5, 0.6) is 0 Å². The van der Waals surface area contributed by atoms with Gasteiger partial charge >= 0.3 is 6.43 Å². The molecule has 0 spiro atoms. The van der Waals surface area contributed by atoms with Crippen LogP contribution in [0.2, 0.25) is 16.6 Å². The fourth-order valence-electron chi connectivity index (χ4n) is 2.59. The van der Waals surface area contributed by atoms with Gasteiger partial charge in [0.25, 0.3) is 0 Å². The van der Waals surface area contributed by atoms with E-state index in [4.69, 9.17) is 0 Å². The van der Waals surface area contributed by atoms with Gasteiger partial charge in [-0.3, -0.25) is 0 Å². The van der Waals surface area contributed by atoms with Crippen molar-refractivity contribution in [2.24, 2.45) is 0 Å². The van der Waals surface area contributed by atoms with Crippen molar-refractivity contribution < 1.29 is 45.2 Å². The van der Waals surface area contributed by atoms with E-state index in [-0.39, 0.29) is 36.5 Å². The Labute approximate surface area is 129 Å². The Kier molecular flexibility index (Phi) is 13.0. The van der Waals surface area contributed by atoms with Crippen molar-refractivity contribution in [2.75, 3.05) is 0 Å². The Hall–Kier alpha value is 0.740. The summed E-state index contributed by atoms with van der Waals surface area (Å²) in [7, 11) is -1.95. The van der Waals surface area contributed by atoms with E-state index in [1.54, 1.807) is 0 Å². The van der Waals surface area contributed by atoms with Crippen molar-refractivity contribution in [3.8, 4) is 11.5 Å². The van der Waals surface area contributed by atoms with Gasteiger partial charge in [0.2, 0.25) is 0 Å². The SMILES string of the molecule is CC(C)[Si](C#C[C](F)F)(C(C)C)C(C)C.[Br-].[Zn]. The smallest absolute Gasteiger partial charge is 0.381 e. The molecule has 0 saturated heterocycles. The van der Waals surface area contributed by atoms with Gasteiger partial charge in [0.1, 0.15) is 8.07 Å². The van der Waals surface area contributed by atoms with E-state index in [1.165, 1.54) is 0 Å². The van der Waals surface area contributed by atoms with E-state index in [9.17, 15) is 8.78 Å². The van der Waals surface area contributed by atoms with Crippen LogP contribution < -0.4 is 17.0 Å². The second kappa shape index (κ2) is 9.64. The largest absolute Gasteiger partial charge is 1.00 e. The van der Waals surface area contributed by atoms with Gasteiger partial charge in [-0.2, -0.15) is 8.78 Å². The second-order valence-corrected chi connectivity index (χ2v) is 10.5. The summed E-state index contributed by atoms with van der Waals surface area (Å²) in [6.45, 7) is 12.6. The van der Waals surface area contributed by atoms with Crippen LogP contribution in [0, 0.1) is 17.9 Å². The Morgan fingerprint density at radius 1 is 0.882 bits per heavy atom. The van der Waals surface area contributed by atoms with E-state index < -0.39 is 14.5 Å². The van der Waals surface area contributed by atoms with Gasteiger partial charge in [-0.25, -0.2) is 0 Å². The maximum absolute atomic E-state index is 12.1. The molecule has 0 heterocycles. The molecule has 0 aliphatic heterocycles. The van der Waals surface area contributed by atoms with Crippen LogP contribution >= 0.6 is 0 Å². The molecular weight excluding hydrogens is 356 g/mol. The van der Waals surface area contributed by atoms with Gasteiger partial charge in [0.15, 0.2) is 0 Å². The van der Waals surface area contributed by atoms with Crippen molar-refractivity contribution >= 4 is 8.07 Å². The monoisotopic (exact) mass is 374 g/mol. The average Bonchev–Trinajstić information content (AvgIpc) is 2.02. The molecule has 0 aliphatic rings. The predicted octanol–water partition coefficient (Wildman–Crippen LogP) is 1.64. The molecule has 17 heavy (non-hydrogen) atoms. The molecule has 0 bridgehead atoms. The molecule has 97 valence electrons. The van der Waals surface area contributed by atoms with Crippen LogP contribution in [0.15, 0.2) is 0 Å². The molecule has 0 rings (SSSR count). The van der Waals surface area contributed by atoms with Gasteiger partial charge in [0.05, 0.1) is 0 Å². The molecule has 0 aromatic rings. The number of hydrogen-bond acceptors (Lipinski definition) is 0. The number of halogens is 3. The third-order valence-electron chi connectivity index (χ3n) is 3.24. The third kappa shape index (κ3) is 5.94. The molecule has 0 aromatic carbocycles. The minimum Gasteiger partial charge on any atom is -1.00 e. The maximum Gasteiger partial charge on any atom is 0.381 e. The van der Waals surface area contributed by atoms with Crippen LogP contribution in [0.25, 0.3) is 0 Å². The average molecular weight is 377 g/mol. The van der Waals surface area contributed by atoms with Gasteiger partial charge in [-0.15, -0.1) is 5.54 Å². The molecule has 0 aromatic heterocycles. The first-order chi connectivity index (χ1) is 6.75. The quantitative estimate of drug-likeness (QED) is 0.519. The fourth-order valence-corrected chi connectivity index (χ4v) is 7.77. The van der Waals surface area contributed by atoms with Crippen LogP contribution in [-0.4, -0.2) is 8.07 Å². The summed E-state index contributed by atoms with van der Waals surface area (Å²) in [4.78, 5) is 0. The molecule has 0 fully saturated rings. The van der Waals surface area contributed by atoms with Gasteiger partial charge < -0.3 is 17.0 Å². The van der Waals surface area contributed by atoms with Crippen LogP contribution in [0.4, 0.5) is 8.78 Å². The first kappa shape index (κ1) is 22.9. The maximum atomic E-state index is 12.1. The number of rotatable bonds is 3. The summed E-state index contributed by atoms with van der Waals surface area (Å²) < 4.78 is 24.2. The summed E-state index contributed by atoms with van der Waals surface area (Å²) in [5, 5.41) is 0. The number of hydrogen-bond donors (Lipinski definition) is 0. The molecule has 5 heteroatoms. The molecular formula is C12H21BrF2SiZn-. The first-order valence-electron chi connectivity index (χ1n) is 5.46. The molecule has 0 amide bonds. The molecule has 0 unspecified atom stereocenters. The second-order valence-electron chi connectivity index (χ2n) is 4.91. The van der Waals surface area contributed by atoms with Crippen molar-refractivity contribution in [3.63, 3.8) is 0 Å². The molecule has 1 radical (unpaired) electrons. The Bertz CT molecular complexity index is 235. The van der Waals surface area contributed by atoms with E-state index in [2.05, 4.69) is 47.1 Å². The Morgan fingerprint density at radius 3 is 1.35 bits per heavy atom. The summed E-state index contributed by atoms with van der Waals surface area (Å²) in [6.07, 6.45) is -1.76. The summed E-state index contributed by atoms with van der Waals surface area (Å²) in [6, 6.07) is 0. The summed E-state index contributed by atoms with van der Waals surface area (Å²) in [5.74, 6) is 2.03. The summed E-state index contributed by atoms with van der Waals surface area (Å²) >= 11 is 0. The molecule has 0 atom stereocenters. The van der Waals surface area contributed by atoms with Gasteiger partial charge in [-0.05, 0) is 22.5 Å². The minimum absolute atomic E-state index is 0. The molecule has 0 N–H and O–H groups in total. The van der Waals surface area contributed by atoms with E-state index >= 15 is 0 Å². The molecule has 0 aliphatic carbocycles. The normalized spacial score (nSPS) is 11.1. The zero-order valence-electron chi connectivity index (χ0n) is 11.6.